The Morgan fingerprint density at radius 2 is 1.65 bits per heavy atom. The summed E-state index contributed by atoms with van der Waals surface area (Å²) in [6, 6.07) is 13.1. The maximum absolute atomic E-state index is 12.6. The van der Waals surface area contributed by atoms with Crippen molar-refractivity contribution in [1.29, 1.82) is 0 Å². The Kier molecular flexibility index (Phi) is 5.22. The topological polar surface area (TPSA) is 46.5 Å². The largest absolute Gasteiger partial charge is 0.496 e. The van der Waals surface area contributed by atoms with Crippen molar-refractivity contribution >= 4 is 5.78 Å². The van der Waals surface area contributed by atoms with Gasteiger partial charge in [-0.1, -0.05) is 45.0 Å². The molecule has 0 aliphatic heterocycles. The van der Waals surface area contributed by atoms with Gasteiger partial charge in [0.05, 0.1) is 13.7 Å². The molecular weight excluding hydrogens is 288 g/mol. The Balaban J connectivity index is 2.25. The second-order valence-corrected chi connectivity index (χ2v) is 6.74. The molecule has 0 aliphatic rings. The van der Waals surface area contributed by atoms with Crippen LogP contribution in [-0.2, 0) is 18.4 Å². The van der Waals surface area contributed by atoms with Crippen molar-refractivity contribution < 1.29 is 14.6 Å². The summed E-state index contributed by atoms with van der Waals surface area (Å²) >= 11 is 0. The lowest BCUT2D eigenvalue weighted by molar-refractivity contribution is 0.0993. The van der Waals surface area contributed by atoms with E-state index in [4.69, 9.17) is 9.84 Å². The summed E-state index contributed by atoms with van der Waals surface area (Å²) in [5.41, 5.74) is 3.43. The summed E-state index contributed by atoms with van der Waals surface area (Å²) in [5.74, 6) is 0.885. The van der Waals surface area contributed by atoms with Crippen LogP contribution < -0.4 is 4.74 Å². The molecule has 0 saturated carbocycles. The number of hydrogen-bond donors (Lipinski definition) is 1. The molecule has 0 heterocycles. The summed E-state index contributed by atoms with van der Waals surface area (Å²) in [4.78, 5) is 12.6. The molecule has 1 N–H and O–H groups in total. The highest BCUT2D eigenvalue weighted by Crippen LogP contribution is 2.32. The van der Waals surface area contributed by atoms with E-state index in [1.807, 2.05) is 42.5 Å². The lowest BCUT2D eigenvalue weighted by Crippen LogP contribution is -2.14. The summed E-state index contributed by atoms with van der Waals surface area (Å²) in [6.07, 6.45) is 0.349. The SMILES string of the molecule is COc1ccc(C(=O)Cc2ccc(CO)cc2)cc1C(C)(C)C. The van der Waals surface area contributed by atoms with E-state index in [9.17, 15) is 4.79 Å². The van der Waals surface area contributed by atoms with Gasteiger partial charge >= 0.3 is 0 Å². The second-order valence-electron chi connectivity index (χ2n) is 6.74. The highest BCUT2D eigenvalue weighted by Gasteiger charge is 2.20. The first-order valence-corrected chi connectivity index (χ1v) is 7.75. The maximum atomic E-state index is 12.6. The van der Waals surface area contributed by atoms with Crippen molar-refractivity contribution in [2.75, 3.05) is 7.11 Å². The van der Waals surface area contributed by atoms with Crippen LogP contribution in [-0.4, -0.2) is 18.0 Å². The van der Waals surface area contributed by atoms with E-state index in [0.717, 1.165) is 22.4 Å². The van der Waals surface area contributed by atoms with Crippen molar-refractivity contribution in [2.45, 2.75) is 39.2 Å². The first-order chi connectivity index (χ1) is 10.8. The molecule has 0 unspecified atom stereocenters. The van der Waals surface area contributed by atoms with Crippen molar-refractivity contribution in [1.82, 2.24) is 0 Å². The van der Waals surface area contributed by atoms with Crippen molar-refractivity contribution in [3.63, 3.8) is 0 Å². The highest BCUT2D eigenvalue weighted by atomic mass is 16.5. The predicted molar refractivity (Wildman–Crippen MR) is 92.1 cm³/mol. The molecule has 3 heteroatoms. The molecule has 23 heavy (non-hydrogen) atoms. The van der Waals surface area contributed by atoms with Crippen LogP contribution in [0.4, 0.5) is 0 Å². The number of carbonyl (C=O) groups is 1. The Bertz CT molecular complexity index is 679. The zero-order chi connectivity index (χ0) is 17.0. The minimum Gasteiger partial charge on any atom is -0.496 e. The van der Waals surface area contributed by atoms with Gasteiger partial charge in [0.25, 0.3) is 0 Å². The van der Waals surface area contributed by atoms with Gasteiger partial charge in [-0.2, -0.15) is 0 Å². The van der Waals surface area contributed by atoms with E-state index in [-0.39, 0.29) is 17.8 Å². The van der Waals surface area contributed by atoms with Crippen LogP contribution in [0.25, 0.3) is 0 Å². The molecule has 0 atom stereocenters. The molecule has 0 radical (unpaired) electrons. The van der Waals surface area contributed by atoms with Gasteiger partial charge in [0.15, 0.2) is 5.78 Å². The molecule has 0 saturated heterocycles. The number of rotatable bonds is 5. The zero-order valence-corrected chi connectivity index (χ0v) is 14.2. The molecule has 2 rings (SSSR count). The van der Waals surface area contributed by atoms with Gasteiger partial charge in [-0.05, 0) is 34.7 Å². The van der Waals surface area contributed by atoms with Gasteiger partial charge in [0.1, 0.15) is 5.75 Å². The molecule has 0 amide bonds. The highest BCUT2D eigenvalue weighted by molar-refractivity contribution is 5.97. The molecule has 2 aromatic carbocycles. The number of benzene rings is 2. The molecule has 0 bridgehead atoms. The van der Waals surface area contributed by atoms with Gasteiger partial charge in [0.2, 0.25) is 0 Å². The first-order valence-electron chi connectivity index (χ1n) is 7.75. The third-order valence-electron chi connectivity index (χ3n) is 3.90. The van der Waals surface area contributed by atoms with Crippen molar-refractivity contribution in [2.24, 2.45) is 0 Å². The Labute approximate surface area is 137 Å². The maximum Gasteiger partial charge on any atom is 0.167 e. The van der Waals surface area contributed by atoms with Crippen LogP contribution in [0.3, 0.4) is 0 Å². The fraction of sp³-hybridized carbons (Fsp3) is 0.350. The van der Waals surface area contributed by atoms with Crippen molar-refractivity contribution in [3.8, 4) is 5.75 Å². The minimum absolute atomic E-state index is 0.0155. The van der Waals surface area contributed by atoms with E-state index in [1.54, 1.807) is 7.11 Å². The summed E-state index contributed by atoms with van der Waals surface area (Å²) in [7, 11) is 1.65. The predicted octanol–water partition coefficient (Wildman–Crippen LogP) is 3.91. The number of Topliss-reactive ketones (excluding diaryl/α,β-unsaturated/α-hetero) is 1. The number of ketones is 1. The number of methoxy groups -OCH3 is 1. The molecule has 2 aromatic rings. The van der Waals surface area contributed by atoms with Gasteiger partial charge < -0.3 is 9.84 Å². The smallest absolute Gasteiger partial charge is 0.167 e. The standard InChI is InChI=1S/C20H24O3/c1-20(2,3)17-12-16(9-10-19(17)23-4)18(22)11-14-5-7-15(13-21)8-6-14/h5-10,12,21H,11,13H2,1-4H3. The third-order valence-corrected chi connectivity index (χ3v) is 3.90. The Morgan fingerprint density at radius 1 is 1.04 bits per heavy atom. The first kappa shape index (κ1) is 17.2. The summed E-state index contributed by atoms with van der Waals surface area (Å²) in [6.45, 7) is 6.33. The van der Waals surface area contributed by atoms with Crippen LogP contribution in [0.2, 0.25) is 0 Å². The number of hydrogen-bond acceptors (Lipinski definition) is 3. The third kappa shape index (κ3) is 4.20. The summed E-state index contributed by atoms with van der Waals surface area (Å²) in [5, 5.41) is 9.07. The molecular formula is C20H24O3. The number of aliphatic hydroxyl groups excluding tert-OH is 1. The monoisotopic (exact) mass is 312 g/mol. The molecule has 0 aromatic heterocycles. The molecule has 0 fully saturated rings. The molecule has 0 aliphatic carbocycles. The lowest BCUT2D eigenvalue weighted by atomic mass is 9.84. The number of carbonyl (C=O) groups excluding carboxylic acids is 1. The van der Waals surface area contributed by atoms with Crippen LogP contribution in [0.5, 0.6) is 5.75 Å². The Hall–Kier alpha value is -2.13. The van der Waals surface area contributed by atoms with E-state index in [2.05, 4.69) is 20.8 Å². The zero-order valence-electron chi connectivity index (χ0n) is 14.2. The average Bonchev–Trinajstić information content (AvgIpc) is 2.54. The van der Waals surface area contributed by atoms with Crippen molar-refractivity contribution in [3.05, 3.63) is 64.7 Å². The van der Waals surface area contributed by atoms with E-state index in [0.29, 0.717) is 12.0 Å². The van der Waals surface area contributed by atoms with E-state index >= 15 is 0 Å². The van der Waals surface area contributed by atoms with Gasteiger partial charge in [-0.3, -0.25) is 4.79 Å². The average molecular weight is 312 g/mol. The normalized spacial score (nSPS) is 11.3. The molecule has 0 spiro atoms. The second kappa shape index (κ2) is 6.97. The van der Waals surface area contributed by atoms with Gasteiger partial charge in [-0.25, -0.2) is 0 Å². The molecule has 3 nitrogen and oxygen atoms in total. The minimum atomic E-state index is -0.0928. The summed E-state index contributed by atoms with van der Waals surface area (Å²) < 4.78 is 5.42. The van der Waals surface area contributed by atoms with Crippen LogP contribution in [0.1, 0.15) is 47.8 Å². The van der Waals surface area contributed by atoms with E-state index in [1.165, 1.54) is 0 Å². The van der Waals surface area contributed by atoms with Crippen LogP contribution in [0, 0.1) is 0 Å². The number of aliphatic hydroxyl groups is 1. The number of ether oxygens (including phenoxy) is 1. The lowest BCUT2D eigenvalue weighted by Gasteiger charge is -2.22. The van der Waals surface area contributed by atoms with E-state index < -0.39 is 0 Å². The fourth-order valence-corrected chi connectivity index (χ4v) is 2.52. The van der Waals surface area contributed by atoms with Crippen LogP contribution >= 0.6 is 0 Å². The molecule has 122 valence electrons. The quantitative estimate of drug-likeness (QED) is 0.851. The Morgan fingerprint density at radius 3 is 2.17 bits per heavy atom. The van der Waals surface area contributed by atoms with Crippen LogP contribution in [0.15, 0.2) is 42.5 Å². The fourth-order valence-electron chi connectivity index (χ4n) is 2.52. The van der Waals surface area contributed by atoms with Gasteiger partial charge in [-0.15, -0.1) is 0 Å². The van der Waals surface area contributed by atoms with Gasteiger partial charge in [0, 0.05) is 17.5 Å².